The number of rotatable bonds is 36. The van der Waals surface area contributed by atoms with Gasteiger partial charge in [0.2, 0.25) is 35.4 Å². The molecule has 0 aliphatic carbocycles. The number of hydrogen-bond donors (Lipinski definition) is 14. The van der Waals surface area contributed by atoms with Gasteiger partial charge in [-0.15, -0.1) is 0 Å². The normalized spacial score (nSPS) is 13.6. The van der Waals surface area contributed by atoms with E-state index >= 15 is 0 Å². The van der Waals surface area contributed by atoms with Crippen molar-refractivity contribution in [2.24, 2.45) is 5.92 Å². The van der Waals surface area contributed by atoms with Gasteiger partial charge in [0.15, 0.2) is 0 Å². The number of carbonyl (C=O) groups excluding carboxylic acids is 7. The predicted octanol–water partition coefficient (Wildman–Crippen LogP) is -0.0402. The third-order valence-corrected chi connectivity index (χ3v) is 11.5. The number of unbranched alkanes of at least 4 members (excludes halogenated alkanes) is 4. The van der Waals surface area contributed by atoms with Gasteiger partial charge in [0.1, 0.15) is 36.3 Å². The van der Waals surface area contributed by atoms with Crippen LogP contribution in [0.5, 0.6) is 0 Å². The maximum absolute atomic E-state index is 14.0. The molecule has 0 aromatic heterocycles. The minimum absolute atomic E-state index is 0.00594. The van der Waals surface area contributed by atoms with Gasteiger partial charge < -0.3 is 68.1 Å². The second-order valence-corrected chi connectivity index (χ2v) is 17.6. The van der Waals surface area contributed by atoms with E-state index in [4.69, 9.17) is 5.11 Å². The van der Waals surface area contributed by atoms with Crippen LogP contribution in [0.15, 0.2) is 60.7 Å². The third kappa shape index (κ3) is 25.6. The molecular weight excluding hydrogens is 993 g/mol. The first-order valence-corrected chi connectivity index (χ1v) is 24.4. The van der Waals surface area contributed by atoms with Gasteiger partial charge in [-0.3, -0.25) is 38.4 Å². The molecule has 8 amide bonds. The highest BCUT2D eigenvalue weighted by atomic mass is 32.1. The van der Waals surface area contributed by atoms with E-state index in [0.29, 0.717) is 43.2 Å². The summed E-state index contributed by atoms with van der Waals surface area (Å²) in [6, 6.07) is 7.84. The highest BCUT2D eigenvalue weighted by molar-refractivity contribution is 7.80. The van der Waals surface area contributed by atoms with Gasteiger partial charge in [-0.25, -0.2) is 19.2 Å². The summed E-state index contributed by atoms with van der Waals surface area (Å²) >= 11 is 3.87. The molecule has 0 unspecified atom stereocenters. The molecule has 0 radical (unpaired) electrons. The lowest BCUT2D eigenvalue weighted by Gasteiger charge is -2.24. The fraction of sp³-hybridized carbons (Fsp3) is 0.500. The van der Waals surface area contributed by atoms with Crippen LogP contribution in [-0.2, 0) is 65.6 Å². The highest BCUT2D eigenvalue weighted by Gasteiger charge is 2.32. The van der Waals surface area contributed by atoms with Crippen molar-refractivity contribution < 1.29 is 83.1 Å². The predicted molar refractivity (Wildman–Crippen MR) is 265 cm³/mol. The van der Waals surface area contributed by atoms with Gasteiger partial charge in [0.05, 0.1) is 12.3 Å². The van der Waals surface area contributed by atoms with Crippen LogP contribution < -0.4 is 42.5 Å². The second-order valence-electron chi connectivity index (χ2n) is 17.2. The fourth-order valence-corrected chi connectivity index (χ4v) is 7.20. The lowest BCUT2D eigenvalue weighted by atomic mass is 10.0. The van der Waals surface area contributed by atoms with Crippen LogP contribution in [0.2, 0.25) is 0 Å². The van der Waals surface area contributed by atoms with E-state index in [1.807, 2.05) is 5.32 Å². The van der Waals surface area contributed by atoms with Crippen molar-refractivity contribution in [3.63, 3.8) is 0 Å². The molecule has 0 bridgehead atoms. The first kappa shape index (κ1) is 62.3. The van der Waals surface area contributed by atoms with Crippen molar-refractivity contribution in [1.29, 1.82) is 0 Å². The molecule has 26 heteroatoms. The Morgan fingerprint density at radius 1 is 0.459 bits per heavy atom. The standard InChI is InChI=1S/C48H66N8O17S/c1-28(41(63)52-35(25-40(61)62)44(66)54-36(27-74)47(71)72)26-50-42(64)33(23-29-13-7-5-8-14-29)53-43(65)34(24-30-15-9-6-10-16-30)51-38(58)17-11-3-2-4-12-22-49-37(57)20-18-31(45(67)68)55-48(73)56-32(46(69)70)19-21-39(59)60/h5-10,13-16,28,31-36,74H,2-4,11-12,17-27H2,1H3,(H,49,57)(H,50,64)(H,51,58)(H,52,63)(H,53,65)(H,54,66)(H,59,60)(H,61,62)(H,67,68)(H,69,70)(H,71,72)(H2,55,56,73)/t28-,31-,32-,33-,34-,35-,36-/m0/s1. The van der Waals surface area contributed by atoms with E-state index in [1.54, 1.807) is 60.7 Å². The van der Waals surface area contributed by atoms with Crippen LogP contribution in [0, 0.1) is 5.92 Å². The molecule has 0 saturated heterocycles. The van der Waals surface area contributed by atoms with E-state index in [0.717, 1.165) is 0 Å². The maximum atomic E-state index is 14.0. The van der Waals surface area contributed by atoms with E-state index < -0.39 is 133 Å². The summed E-state index contributed by atoms with van der Waals surface area (Å²) in [5, 5.41) is 65.4. The average molecular weight is 1060 g/mol. The zero-order valence-corrected chi connectivity index (χ0v) is 41.6. The Bertz CT molecular complexity index is 2240. The first-order valence-electron chi connectivity index (χ1n) is 23.7. The van der Waals surface area contributed by atoms with E-state index in [9.17, 15) is 78.0 Å². The molecule has 0 aliphatic heterocycles. The molecule has 406 valence electrons. The Hall–Kier alpha value is -7.77. The summed E-state index contributed by atoms with van der Waals surface area (Å²) in [6.45, 7) is 1.33. The molecule has 0 heterocycles. The molecule has 2 aromatic carbocycles. The van der Waals surface area contributed by atoms with Gasteiger partial charge in [-0.05, 0) is 36.8 Å². The Labute approximate surface area is 431 Å². The van der Waals surface area contributed by atoms with Crippen LogP contribution >= 0.6 is 12.6 Å². The molecular formula is C48H66N8O17S. The van der Waals surface area contributed by atoms with Crippen LogP contribution in [0.1, 0.15) is 88.7 Å². The Morgan fingerprint density at radius 3 is 1.45 bits per heavy atom. The van der Waals surface area contributed by atoms with Gasteiger partial charge >= 0.3 is 35.9 Å². The summed E-state index contributed by atoms with van der Waals surface area (Å²) < 4.78 is 0. The van der Waals surface area contributed by atoms with Gasteiger partial charge in [0, 0.05) is 50.9 Å². The van der Waals surface area contributed by atoms with Crippen molar-refractivity contribution in [2.75, 3.05) is 18.8 Å². The summed E-state index contributed by atoms with van der Waals surface area (Å²) in [6.07, 6.45) is 0.652. The number of urea groups is 1. The molecule has 74 heavy (non-hydrogen) atoms. The number of thiol groups is 1. The van der Waals surface area contributed by atoms with Crippen LogP contribution in [0.25, 0.3) is 0 Å². The molecule has 2 aromatic rings. The number of carbonyl (C=O) groups is 12. The largest absolute Gasteiger partial charge is 0.481 e. The Morgan fingerprint density at radius 2 is 0.932 bits per heavy atom. The van der Waals surface area contributed by atoms with Gasteiger partial charge in [-0.1, -0.05) is 86.8 Å². The molecule has 7 atom stereocenters. The molecule has 13 N–H and O–H groups in total. The average Bonchev–Trinajstić information content (AvgIpc) is 3.34. The number of aliphatic carboxylic acids is 5. The number of carboxylic acid groups (broad SMARTS) is 5. The zero-order chi connectivity index (χ0) is 55.2. The topological polar surface area (TPSA) is 402 Å². The number of carboxylic acids is 5. The minimum Gasteiger partial charge on any atom is -0.481 e. The maximum Gasteiger partial charge on any atom is 0.327 e. The van der Waals surface area contributed by atoms with Crippen molar-refractivity contribution in [3.8, 4) is 0 Å². The molecule has 0 spiro atoms. The van der Waals surface area contributed by atoms with Crippen molar-refractivity contribution in [2.45, 2.75) is 127 Å². The lowest BCUT2D eigenvalue weighted by molar-refractivity contribution is -0.143. The highest BCUT2D eigenvalue weighted by Crippen LogP contribution is 2.11. The molecule has 25 nitrogen and oxygen atoms in total. The van der Waals surface area contributed by atoms with E-state index in [-0.39, 0.29) is 50.9 Å². The molecule has 0 fully saturated rings. The minimum atomic E-state index is -1.65. The van der Waals surface area contributed by atoms with Gasteiger partial charge in [-0.2, -0.15) is 12.6 Å². The number of amides is 8. The Balaban J connectivity index is 1.95. The first-order chi connectivity index (χ1) is 35.1. The summed E-state index contributed by atoms with van der Waals surface area (Å²) in [5.74, 6) is -12.7. The smallest absolute Gasteiger partial charge is 0.327 e. The van der Waals surface area contributed by atoms with Crippen molar-refractivity contribution in [3.05, 3.63) is 71.8 Å². The summed E-state index contributed by atoms with van der Waals surface area (Å²) in [4.78, 5) is 148. The van der Waals surface area contributed by atoms with Crippen molar-refractivity contribution >= 4 is 83.9 Å². The summed E-state index contributed by atoms with van der Waals surface area (Å²) in [7, 11) is 0. The zero-order valence-electron chi connectivity index (χ0n) is 40.7. The van der Waals surface area contributed by atoms with Crippen LogP contribution in [0.3, 0.4) is 0 Å². The Kier molecular flexibility index (Phi) is 28.5. The molecule has 0 saturated carbocycles. The quantitative estimate of drug-likeness (QED) is 0.0314. The lowest BCUT2D eigenvalue weighted by Crippen LogP contribution is -2.56. The van der Waals surface area contributed by atoms with E-state index in [2.05, 4.69) is 49.8 Å². The monoisotopic (exact) mass is 1060 g/mol. The van der Waals surface area contributed by atoms with Crippen LogP contribution in [-0.4, -0.2) is 152 Å². The number of hydrogen-bond acceptors (Lipinski definition) is 13. The van der Waals surface area contributed by atoms with Crippen molar-refractivity contribution in [1.82, 2.24) is 42.5 Å². The van der Waals surface area contributed by atoms with Crippen LogP contribution in [0.4, 0.5) is 4.79 Å². The summed E-state index contributed by atoms with van der Waals surface area (Å²) in [5.41, 5.74) is 1.38. The fourth-order valence-electron chi connectivity index (χ4n) is 6.96. The SMILES string of the molecule is C[C@@H](CNC(=O)[C@H](Cc1ccccc1)NC(=O)[C@H](Cc1ccccc1)NC(=O)CCCCCCCNC(=O)CC[C@H](NC(=O)N[C@@H](CCC(=O)O)C(=O)O)C(=O)O)C(=O)N[C@@H](CC(=O)O)C(=O)N[C@@H](CS)C(=O)O. The number of nitrogens with one attached hydrogen (secondary N) is 8. The van der Waals surface area contributed by atoms with Gasteiger partial charge in [0.25, 0.3) is 0 Å². The van der Waals surface area contributed by atoms with E-state index in [1.165, 1.54) is 6.92 Å². The molecule has 2 rings (SSSR count). The second kappa shape index (κ2) is 33.8. The number of benzene rings is 2. The third-order valence-electron chi connectivity index (χ3n) is 11.1. The molecule has 0 aliphatic rings.